The lowest BCUT2D eigenvalue weighted by Crippen LogP contribution is -2.43. The molecule has 0 atom stereocenters. The summed E-state index contributed by atoms with van der Waals surface area (Å²) in [6.07, 6.45) is 1.16. The molecule has 0 aliphatic carbocycles. The number of hydrogen-bond donors (Lipinski definition) is 1. The van der Waals surface area contributed by atoms with Gasteiger partial charge in [0, 0.05) is 46.9 Å². The van der Waals surface area contributed by atoms with Gasteiger partial charge in [-0.2, -0.15) is 0 Å². The van der Waals surface area contributed by atoms with Crippen LogP contribution in [0.4, 0.5) is 0 Å². The largest absolute Gasteiger partial charge is 0.500 e. The molecule has 6 nitrogen and oxygen atoms in total. The maximum atomic E-state index is 11.4. The number of ether oxygens (including phenoxy) is 1. The van der Waals surface area contributed by atoms with Gasteiger partial charge in [0.25, 0.3) is 0 Å². The minimum atomic E-state index is -2.50. The second-order valence-corrected chi connectivity index (χ2v) is 6.79. The average molecular weight is 279 g/mol. The number of carbonyl (C=O) groups excluding carboxylic acids is 1. The lowest BCUT2D eigenvalue weighted by atomic mass is 10.4. The van der Waals surface area contributed by atoms with Crippen LogP contribution in [0.1, 0.15) is 19.8 Å². The van der Waals surface area contributed by atoms with Gasteiger partial charge in [-0.15, -0.1) is 0 Å². The monoisotopic (exact) mass is 279 g/mol. The van der Waals surface area contributed by atoms with Gasteiger partial charge >= 0.3 is 8.80 Å². The van der Waals surface area contributed by atoms with Crippen LogP contribution in [0.15, 0.2) is 0 Å². The van der Waals surface area contributed by atoms with Gasteiger partial charge in [-0.1, -0.05) is 0 Å². The topological polar surface area (TPSA) is 66.0 Å². The van der Waals surface area contributed by atoms with Crippen molar-refractivity contribution in [1.82, 2.24) is 5.32 Å². The third-order valence-corrected chi connectivity index (χ3v) is 5.42. The first-order chi connectivity index (χ1) is 8.64. The summed E-state index contributed by atoms with van der Waals surface area (Å²) in [7, 11) is 2.25. The highest BCUT2D eigenvalue weighted by atomic mass is 28.4. The highest BCUT2D eigenvalue weighted by Gasteiger charge is 2.36. The van der Waals surface area contributed by atoms with Gasteiger partial charge in [0.2, 0.25) is 5.91 Å². The fourth-order valence-corrected chi connectivity index (χ4v) is 3.21. The minimum Gasteiger partial charge on any atom is -0.381 e. The van der Waals surface area contributed by atoms with Crippen molar-refractivity contribution < 1.29 is 22.8 Å². The zero-order valence-electron chi connectivity index (χ0n) is 11.8. The SMILES string of the molecule is CCOCCC(=O)NCCC[Si](OC)(OC)OC. The molecule has 0 bridgehead atoms. The standard InChI is InChI=1S/C11H25NO5Si/c1-5-17-9-7-11(13)12-8-6-10-18(14-2,15-3)16-4/h5-10H2,1-4H3,(H,12,13). The molecule has 1 amide bonds. The third-order valence-electron chi connectivity index (χ3n) is 2.59. The molecule has 0 aliphatic rings. The Labute approximate surface area is 110 Å². The Kier molecular flexibility index (Phi) is 10.2. The molecule has 0 aromatic heterocycles. The molecule has 0 aliphatic heterocycles. The van der Waals surface area contributed by atoms with Crippen molar-refractivity contribution in [1.29, 1.82) is 0 Å². The van der Waals surface area contributed by atoms with Gasteiger partial charge in [-0.3, -0.25) is 4.79 Å². The molecule has 0 radical (unpaired) electrons. The smallest absolute Gasteiger partial charge is 0.381 e. The Bertz CT molecular complexity index is 215. The fraction of sp³-hybridized carbons (Fsp3) is 0.909. The van der Waals surface area contributed by atoms with E-state index < -0.39 is 8.80 Å². The van der Waals surface area contributed by atoms with Crippen LogP contribution in [0.5, 0.6) is 0 Å². The van der Waals surface area contributed by atoms with Gasteiger partial charge < -0.3 is 23.3 Å². The van der Waals surface area contributed by atoms with E-state index in [1.54, 1.807) is 21.3 Å². The number of amides is 1. The fourth-order valence-electron chi connectivity index (χ4n) is 1.49. The lowest BCUT2D eigenvalue weighted by molar-refractivity contribution is -0.122. The summed E-state index contributed by atoms with van der Waals surface area (Å²) in [6, 6.07) is 0.683. The number of carbonyl (C=O) groups is 1. The van der Waals surface area contributed by atoms with E-state index in [0.29, 0.717) is 32.2 Å². The Morgan fingerprint density at radius 3 is 2.28 bits per heavy atom. The van der Waals surface area contributed by atoms with Crippen molar-refractivity contribution in [3.63, 3.8) is 0 Å². The average Bonchev–Trinajstić information content (AvgIpc) is 2.40. The van der Waals surface area contributed by atoms with Crippen LogP contribution in [0.3, 0.4) is 0 Å². The summed E-state index contributed by atoms with van der Waals surface area (Å²) in [5.41, 5.74) is 0. The lowest BCUT2D eigenvalue weighted by Gasteiger charge is -2.24. The molecule has 0 aromatic carbocycles. The Hall–Kier alpha value is -0.473. The number of nitrogens with one attached hydrogen (secondary N) is 1. The normalized spacial score (nSPS) is 11.6. The van der Waals surface area contributed by atoms with Gasteiger partial charge in [0.05, 0.1) is 6.61 Å². The second-order valence-electron chi connectivity index (χ2n) is 3.70. The first-order valence-corrected chi connectivity index (χ1v) is 8.07. The van der Waals surface area contributed by atoms with E-state index >= 15 is 0 Å². The van der Waals surface area contributed by atoms with Crippen LogP contribution in [0, 0.1) is 0 Å². The molecular formula is C11H25NO5Si. The molecule has 0 spiro atoms. The molecule has 0 saturated carbocycles. The van der Waals surface area contributed by atoms with Crippen LogP contribution in [-0.4, -0.2) is 55.8 Å². The zero-order chi connectivity index (χ0) is 13.9. The van der Waals surface area contributed by atoms with Crippen molar-refractivity contribution >= 4 is 14.7 Å². The van der Waals surface area contributed by atoms with E-state index in [0.717, 1.165) is 6.42 Å². The van der Waals surface area contributed by atoms with Crippen molar-refractivity contribution in [2.24, 2.45) is 0 Å². The van der Waals surface area contributed by atoms with E-state index in [2.05, 4.69) is 5.32 Å². The first kappa shape index (κ1) is 17.5. The van der Waals surface area contributed by atoms with Crippen molar-refractivity contribution in [3.05, 3.63) is 0 Å². The first-order valence-electron chi connectivity index (χ1n) is 6.14. The quantitative estimate of drug-likeness (QED) is 0.447. The number of rotatable bonds is 11. The summed E-state index contributed by atoms with van der Waals surface area (Å²) in [4.78, 5) is 11.4. The predicted molar refractivity (Wildman–Crippen MR) is 70.3 cm³/mol. The van der Waals surface area contributed by atoms with Crippen LogP contribution >= 0.6 is 0 Å². The minimum absolute atomic E-state index is 0.00275. The second kappa shape index (κ2) is 10.4. The van der Waals surface area contributed by atoms with Crippen molar-refractivity contribution in [2.75, 3.05) is 41.1 Å². The number of hydrogen-bond acceptors (Lipinski definition) is 5. The van der Waals surface area contributed by atoms with Crippen molar-refractivity contribution in [3.8, 4) is 0 Å². The molecule has 7 heteroatoms. The van der Waals surface area contributed by atoms with Gasteiger partial charge in [0.1, 0.15) is 0 Å². The maximum absolute atomic E-state index is 11.4. The van der Waals surface area contributed by atoms with Gasteiger partial charge in [-0.25, -0.2) is 0 Å². The van der Waals surface area contributed by atoms with Crippen LogP contribution in [0.2, 0.25) is 6.04 Å². The molecule has 0 aromatic rings. The predicted octanol–water partition coefficient (Wildman–Crippen LogP) is 0.797. The summed E-state index contributed by atoms with van der Waals surface area (Å²) in [6.45, 7) is 3.60. The summed E-state index contributed by atoms with van der Waals surface area (Å²) in [5, 5.41) is 2.82. The molecule has 0 heterocycles. The van der Waals surface area contributed by atoms with Crippen LogP contribution < -0.4 is 5.32 Å². The molecule has 0 fully saturated rings. The molecule has 1 N–H and O–H groups in total. The Morgan fingerprint density at radius 2 is 1.78 bits per heavy atom. The molecule has 0 unspecified atom stereocenters. The van der Waals surface area contributed by atoms with Crippen LogP contribution in [-0.2, 0) is 22.8 Å². The zero-order valence-corrected chi connectivity index (χ0v) is 12.8. The van der Waals surface area contributed by atoms with E-state index in [-0.39, 0.29) is 5.91 Å². The highest BCUT2D eigenvalue weighted by Crippen LogP contribution is 2.14. The van der Waals surface area contributed by atoms with Gasteiger partial charge in [-0.05, 0) is 13.3 Å². The van der Waals surface area contributed by atoms with Crippen LogP contribution in [0.25, 0.3) is 0 Å². The van der Waals surface area contributed by atoms with E-state index in [1.807, 2.05) is 6.92 Å². The maximum Gasteiger partial charge on any atom is 0.500 e. The third kappa shape index (κ3) is 7.07. The molecule has 18 heavy (non-hydrogen) atoms. The molecular weight excluding hydrogens is 254 g/mol. The van der Waals surface area contributed by atoms with E-state index in [4.69, 9.17) is 18.0 Å². The Balaban J connectivity index is 3.68. The highest BCUT2D eigenvalue weighted by molar-refractivity contribution is 6.60. The molecule has 0 saturated heterocycles. The van der Waals surface area contributed by atoms with Gasteiger partial charge in [0.15, 0.2) is 0 Å². The van der Waals surface area contributed by atoms with Crippen molar-refractivity contribution in [2.45, 2.75) is 25.8 Å². The Morgan fingerprint density at radius 1 is 1.17 bits per heavy atom. The summed E-state index contributed by atoms with van der Waals surface area (Å²) >= 11 is 0. The summed E-state index contributed by atoms with van der Waals surface area (Å²) < 4.78 is 21.0. The molecule has 108 valence electrons. The summed E-state index contributed by atoms with van der Waals surface area (Å²) in [5.74, 6) is 0.00275. The molecule has 0 rings (SSSR count). The van der Waals surface area contributed by atoms with E-state index in [1.165, 1.54) is 0 Å². The van der Waals surface area contributed by atoms with E-state index in [9.17, 15) is 4.79 Å².